The number of hydrogen-bond acceptors (Lipinski definition) is 5. The largest absolute Gasteiger partial charge is 0.459 e. The Bertz CT molecular complexity index is 899. The fourth-order valence-corrected chi connectivity index (χ4v) is 4.10. The number of ether oxygens (including phenoxy) is 2. The molecule has 0 saturated carbocycles. The smallest absolute Gasteiger partial charge is 0.338 e. The molecule has 2 heterocycles. The molecule has 1 unspecified atom stereocenters. The molecule has 4 rings (SSSR count). The van der Waals surface area contributed by atoms with E-state index in [9.17, 15) is 9.59 Å². The standard InChI is InChI=1S/C24H28N2O4/c1-2-23(27)26-11-10-19-14-20(8-9-22(19)26)24(28)30-17-21-16-25(12-13-29-21)15-18-6-4-3-5-7-18/h3-9,14,21H,2,10-13,15-17H2,1H3. The molecule has 0 spiro atoms. The molecular formula is C24H28N2O4. The minimum atomic E-state index is -0.346. The predicted octanol–water partition coefficient (Wildman–Crippen LogP) is 3.04. The second-order valence-electron chi connectivity index (χ2n) is 7.80. The molecule has 0 radical (unpaired) electrons. The molecule has 2 aliphatic rings. The zero-order chi connectivity index (χ0) is 20.9. The van der Waals surface area contributed by atoms with Crippen molar-refractivity contribution in [3.05, 3.63) is 65.2 Å². The number of fused-ring (bicyclic) bond motifs is 1. The molecule has 0 N–H and O–H groups in total. The lowest BCUT2D eigenvalue weighted by Gasteiger charge is -2.32. The van der Waals surface area contributed by atoms with Gasteiger partial charge in [-0.15, -0.1) is 0 Å². The summed E-state index contributed by atoms with van der Waals surface area (Å²) in [5.41, 5.74) is 3.72. The first-order valence-electron chi connectivity index (χ1n) is 10.6. The molecule has 1 fully saturated rings. The normalized spacial score (nSPS) is 18.8. The summed E-state index contributed by atoms with van der Waals surface area (Å²) in [6.45, 7) is 5.88. The van der Waals surface area contributed by atoms with E-state index in [4.69, 9.17) is 9.47 Å². The lowest BCUT2D eigenvalue weighted by atomic mass is 10.1. The van der Waals surface area contributed by atoms with Crippen molar-refractivity contribution in [3.63, 3.8) is 0 Å². The lowest BCUT2D eigenvalue weighted by Crippen LogP contribution is -2.44. The van der Waals surface area contributed by atoms with Crippen molar-refractivity contribution >= 4 is 17.6 Å². The van der Waals surface area contributed by atoms with Gasteiger partial charge in [-0.1, -0.05) is 37.3 Å². The molecule has 6 nitrogen and oxygen atoms in total. The SMILES string of the molecule is CCC(=O)N1CCc2cc(C(=O)OCC3CN(Cc4ccccc4)CCO3)ccc21. The van der Waals surface area contributed by atoms with Crippen LogP contribution in [0.1, 0.15) is 34.8 Å². The molecule has 2 aromatic rings. The van der Waals surface area contributed by atoms with Crippen molar-refractivity contribution in [2.75, 3.05) is 37.7 Å². The van der Waals surface area contributed by atoms with Gasteiger partial charge in [0.15, 0.2) is 0 Å². The van der Waals surface area contributed by atoms with Gasteiger partial charge in [0.1, 0.15) is 12.7 Å². The Hall–Kier alpha value is -2.70. The second-order valence-corrected chi connectivity index (χ2v) is 7.80. The van der Waals surface area contributed by atoms with E-state index in [-0.39, 0.29) is 24.6 Å². The van der Waals surface area contributed by atoms with Crippen LogP contribution in [0.2, 0.25) is 0 Å². The quantitative estimate of drug-likeness (QED) is 0.688. The number of carbonyl (C=O) groups excluding carboxylic acids is 2. The van der Waals surface area contributed by atoms with Gasteiger partial charge in [0.25, 0.3) is 0 Å². The summed E-state index contributed by atoms with van der Waals surface area (Å²) in [5.74, 6) is -0.236. The van der Waals surface area contributed by atoms with Gasteiger partial charge in [-0.05, 0) is 35.7 Å². The van der Waals surface area contributed by atoms with Gasteiger partial charge in [0, 0.05) is 38.3 Å². The van der Waals surface area contributed by atoms with Crippen LogP contribution in [-0.4, -0.2) is 55.7 Å². The minimum Gasteiger partial charge on any atom is -0.459 e. The number of carbonyl (C=O) groups is 2. The zero-order valence-electron chi connectivity index (χ0n) is 17.4. The maximum atomic E-state index is 12.6. The van der Waals surface area contributed by atoms with Crippen LogP contribution >= 0.6 is 0 Å². The molecule has 0 bridgehead atoms. The fourth-order valence-electron chi connectivity index (χ4n) is 4.10. The highest BCUT2D eigenvalue weighted by molar-refractivity contribution is 5.97. The van der Waals surface area contributed by atoms with Crippen molar-refractivity contribution < 1.29 is 19.1 Å². The van der Waals surface area contributed by atoms with E-state index in [0.29, 0.717) is 25.1 Å². The van der Waals surface area contributed by atoms with E-state index in [2.05, 4.69) is 17.0 Å². The average molecular weight is 408 g/mol. The third kappa shape index (κ3) is 4.71. The van der Waals surface area contributed by atoms with Crippen LogP contribution in [0.5, 0.6) is 0 Å². The highest BCUT2D eigenvalue weighted by atomic mass is 16.6. The van der Waals surface area contributed by atoms with Crippen LogP contribution in [0.25, 0.3) is 0 Å². The lowest BCUT2D eigenvalue weighted by molar-refractivity contribution is -0.118. The molecule has 0 aromatic heterocycles. The van der Waals surface area contributed by atoms with E-state index in [1.165, 1.54) is 5.56 Å². The van der Waals surface area contributed by atoms with Crippen LogP contribution in [0, 0.1) is 0 Å². The van der Waals surface area contributed by atoms with E-state index in [1.54, 1.807) is 11.0 Å². The molecule has 30 heavy (non-hydrogen) atoms. The predicted molar refractivity (Wildman–Crippen MR) is 115 cm³/mol. The molecule has 1 amide bonds. The Morgan fingerprint density at radius 3 is 2.77 bits per heavy atom. The summed E-state index contributed by atoms with van der Waals surface area (Å²) in [6, 6.07) is 15.8. The highest BCUT2D eigenvalue weighted by Crippen LogP contribution is 2.29. The minimum absolute atomic E-state index is 0.110. The van der Waals surface area contributed by atoms with Crippen molar-refractivity contribution in [1.29, 1.82) is 0 Å². The summed E-state index contributed by atoms with van der Waals surface area (Å²) in [4.78, 5) is 28.7. The molecule has 1 atom stereocenters. The van der Waals surface area contributed by atoms with Crippen molar-refractivity contribution in [3.8, 4) is 0 Å². The number of anilines is 1. The summed E-state index contributed by atoms with van der Waals surface area (Å²) >= 11 is 0. The van der Waals surface area contributed by atoms with Crippen molar-refractivity contribution in [1.82, 2.24) is 4.90 Å². The van der Waals surface area contributed by atoms with Gasteiger partial charge >= 0.3 is 5.97 Å². The Kier molecular flexibility index (Phi) is 6.45. The zero-order valence-corrected chi connectivity index (χ0v) is 17.4. The maximum absolute atomic E-state index is 12.6. The first kappa shape index (κ1) is 20.6. The van der Waals surface area contributed by atoms with Gasteiger partial charge in [-0.25, -0.2) is 4.79 Å². The first-order chi connectivity index (χ1) is 14.6. The van der Waals surface area contributed by atoms with E-state index < -0.39 is 0 Å². The van der Waals surface area contributed by atoms with E-state index >= 15 is 0 Å². The number of amides is 1. The monoisotopic (exact) mass is 408 g/mol. The van der Waals surface area contributed by atoms with Crippen molar-refractivity contribution in [2.45, 2.75) is 32.4 Å². The number of benzene rings is 2. The summed E-state index contributed by atoms with van der Waals surface area (Å²) < 4.78 is 11.3. The van der Waals surface area contributed by atoms with E-state index in [0.717, 1.165) is 37.3 Å². The number of nitrogens with zero attached hydrogens (tertiary/aromatic N) is 2. The average Bonchev–Trinajstić information content (AvgIpc) is 3.21. The van der Waals surface area contributed by atoms with Crippen LogP contribution in [0.3, 0.4) is 0 Å². The van der Waals surface area contributed by atoms with Gasteiger partial charge in [0.05, 0.1) is 12.2 Å². The van der Waals surface area contributed by atoms with Crippen LogP contribution in [0.15, 0.2) is 48.5 Å². The summed E-state index contributed by atoms with van der Waals surface area (Å²) in [5, 5.41) is 0. The topological polar surface area (TPSA) is 59.1 Å². The summed E-state index contributed by atoms with van der Waals surface area (Å²) in [7, 11) is 0. The van der Waals surface area contributed by atoms with Gasteiger partial charge < -0.3 is 14.4 Å². The maximum Gasteiger partial charge on any atom is 0.338 e. The molecular weight excluding hydrogens is 380 g/mol. The molecule has 0 aliphatic carbocycles. The Balaban J connectivity index is 1.31. The van der Waals surface area contributed by atoms with E-state index in [1.807, 2.05) is 37.3 Å². The number of esters is 1. The molecule has 2 aromatic carbocycles. The first-order valence-corrected chi connectivity index (χ1v) is 10.6. The molecule has 6 heteroatoms. The Labute approximate surface area is 177 Å². The van der Waals surface area contributed by atoms with Gasteiger partial charge in [-0.3, -0.25) is 9.69 Å². The number of hydrogen-bond donors (Lipinski definition) is 0. The Morgan fingerprint density at radius 2 is 1.97 bits per heavy atom. The van der Waals surface area contributed by atoms with Crippen LogP contribution in [-0.2, 0) is 27.2 Å². The number of morpholine rings is 1. The third-order valence-electron chi connectivity index (χ3n) is 5.69. The molecule has 1 saturated heterocycles. The molecule has 2 aliphatic heterocycles. The highest BCUT2D eigenvalue weighted by Gasteiger charge is 2.26. The second kappa shape index (κ2) is 9.41. The Morgan fingerprint density at radius 1 is 1.13 bits per heavy atom. The van der Waals surface area contributed by atoms with Crippen LogP contribution < -0.4 is 4.90 Å². The van der Waals surface area contributed by atoms with Crippen molar-refractivity contribution in [2.24, 2.45) is 0 Å². The number of rotatable bonds is 6. The molecule has 158 valence electrons. The van der Waals surface area contributed by atoms with Crippen LogP contribution in [0.4, 0.5) is 5.69 Å². The van der Waals surface area contributed by atoms with Gasteiger partial charge in [0.2, 0.25) is 5.91 Å². The third-order valence-corrected chi connectivity index (χ3v) is 5.69. The fraction of sp³-hybridized carbons (Fsp3) is 0.417. The van der Waals surface area contributed by atoms with Gasteiger partial charge in [-0.2, -0.15) is 0 Å². The summed E-state index contributed by atoms with van der Waals surface area (Å²) in [6.07, 6.45) is 1.12.